The third-order valence-electron chi connectivity index (χ3n) is 2.15. The van der Waals surface area contributed by atoms with Gasteiger partial charge in [-0.2, -0.15) is 0 Å². The fraction of sp³-hybridized carbons (Fsp3) is 0.231. The van der Waals surface area contributed by atoms with Gasteiger partial charge in [0.1, 0.15) is 5.75 Å². The normalized spacial score (nSPS) is 10.4. The van der Waals surface area contributed by atoms with Gasteiger partial charge in [0.05, 0.1) is 0 Å². The molecule has 0 aliphatic heterocycles. The molecule has 0 aliphatic carbocycles. The van der Waals surface area contributed by atoms with Crippen molar-refractivity contribution in [3.63, 3.8) is 0 Å². The van der Waals surface area contributed by atoms with Crippen LogP contribution in [0.1, 0.15) is 11.5 Å². The van der Waals surface area contributed by atoms with Gasteiger partial charge in [-0.1, -0.05) is 46.4 Å². The molecule has 1 heterocycles. The average Bonchev–Trinajstić information content (AvgIpc) is 2.82. The van der Waals surface area contributed by atoms with Crippen molar-refractivity contribution in [3.05, 3.63) is 46.8 Å². The molecular formula is C13H13BrN2O2S. The number of aryl methyl sites for hydroxylation is 1. The lowest BCUT2D eigenvalue weighted by atomic mass is 10.2. The molecule has 0 saturated carbocycles. The SMILES string of the molecule is C=C(Br)CSc1nnc(COc2cccc(C)c2)o1. The van der Waals surface area contributed by atoms with E-state index in [9.17, 15) is 0 Å². The Hall–Kier alpha value is -1.27. The van der Waals surface area contributed by atoms with Crippen LogP contribution in [-0.2, 0) is 6.61 Å². The van der Waals surface area contributed by atoms with Crippen molar-refractivity contribution in [3.8, 4) is 5.75 Å². The highest BCUT2D eigenvalue weighted by Crippen LogP contribution is 2.21. The predicted molar refractivity (Wildman–Crippen MR) is 78.6 cm³/mol. The third-order valence-corrected chi connectivity index (χ3v) is 3.71. The van der Waals surface area contributed by atoms with E-state index in [1.54, 1.807) is 0 Å². The Morgan fingerprint density at radius 3 is 3.05 bits per heavy atom. The van der Waals surface area contributed by atoms with Gasteiger partial charge >= 0.3 is 0 Å². The van der Waals surface area contributed by atoms with E-state index in [2.05, 4.69) is 32.7 Å². The second-order valence-electron chi connectivity index (χ2n) is 3.87. The Morgan fingerprint density at radius 1 is 1.47 bits per heavy atom. The average molecular weight is 341 g/mol. The number of rotatable bonds is 6. The summed E-state index contributed by atoms with van der Waals surface area (Å²) in [5, 5.41) is 8.36. The summed E-state index contributed by atoms with van der Waals surface area (Å²) in [7, 11) is 0. The van der Waals surface area contributed by atoms with E-state index in [1.165, 1.54) is 11.8 Å². The van der Waals surface area contributed by atoms with Gasteiger partial charge in [-0.05, 0) is 29.1 Å². The minimum absolute atomic E-state index is 0.270. The molecule has 1 aromatic carbocycles. The minimum Gasteiger partial charge on any atom is -0.484 e. The molecule has 0 saturated heterocycles. The fourth-order valence-corrected chi connectivity index (χ4v) is 2.22. The van der Waals surface area contributed by atoms with Gasteiger partial charge in [0.2, 0.25) is 0 Å². The lowest BCUT2D eigenvalue weighted by Gasteiger charge is -2.03. The Bertz CT molecular complexity index is 571. The number of aromatic nitrogens is 2. The molecule has 0 fully saturated rings. The molecule has 0 bridgehead atoms. The zero-order chi connectivity index (χ0) is 13.7. The Kier molecular flexibility index (Phi) is 5.04. The summed E-state index contributed by atoms with van der Waals surface area (Å²) in [4.78, 5) is 0. The number of hydrogen-bond acceptors (Lipinski definition) is 5. The molecule has 0 atom stereocenters. The van der Waals surface area contributed by atoms with E-state index in [0.29, 0.717) is 16.9 Å². The Morgan fingerprint density at radius 2 is 2.32 bits per heavy atom. The van der Waals surface area contributed by atoms with Gasteiger partial charge in [0, 0.05) is 5.75 Å². The first kappa shape index (κ1) is 14.1. The van der Waals surface area contributed by atoms with Crippen LogP contribution >= 0.6 is 27.7 Å². The molecule has 4 nitrogen and oxygen atoms in total. The highest BCUT2D eigenvalue weighted by atomic mass is 79.9. The van der Waals surface area contributed by atoms with E-state index in [1.807, 2.05) is 31.2 Å². The molecule has 0 amide bonds. The van der Waals surface area contributed by atoms with Crippen LogP contribution in [0, 0.1) is 6.92 Å². The molecule has 2 rings (SSSR count). The number of hydrogen-bond donors (Lipinski definition) is 0. The zero-order valence-electron chi connectivity index (χ0n) is 10.4. The van der Waals surface area contributed by atoms with Gasteiger partial charge in [-0.25, -0.2) is 0 Å². The summed E-state index contributed by atoms with van der Waals surface area (Å²) < 4.78 is 11.9. The Labute approximate surface area is 124 Å². The van der Waals surface area contributed by atoms with Crippen molar-refractivity contribution in [2.45, 2.75) is 18.8 Å². The van der Waals surface area contributed by atoms with Crippen LogP contribution < -0.4 is 4.74 Å². The summed E-state index contributed by atoms with van der Waals surface area (Å²) >= 11 is 4.71. The quantitative estimate of drug-likeness (QED) is 0.745. The number of halogens is 1. The van der Waals surface area contributed by atoms with Crippen molar-refractivity contribution in [2.75, 3.05) is 5.75 Å². The molecular weight excluding hydrogens is 328 g/mol. The van der Waals surface area contributed by atoms with Gasteiger partial charge in [0.15, 0.2) is 6.61 Å². The first-order chi connectivity index (χ1) is 9.13. The van der Waals surface area contributed by atoms with Crippen molar-refractivity contribution >= 4 is 27.7 Å². The molecule has 1 aromatic heterocycles. The van der Waals surface area contributed by atoms with Crippen LogP contribution in [0.5, 0.6) is 5.75 Å². The maximum absolute atomic E-state index is 5.58. The van der Waals surface area contributed by atoms with E-state index in [0.717, 1.165) is 15.8 Å². The summed E-state index contributed by atoms with van der Waals surface area (Å²) in [6.45, 7) is 6.03. The van der Waals surface area contributed by atoms with Crippen LogP contribution in [0.4, 0.5) is 0 Å². The largest absolute Gasteiger partial charge is 0.484 e. The van der Waals surface area contributed by atoms with Crippen LogP contribution in [-0.4, -0.2) is 16.0 Å². The summed E-state index contributed by atoms with van der Waals surface area (Å²) in [6.07, 6.45) is 0. The highest BCUT2D eigenvalue weighted by Gasteiger charge is 2.07. The predicted octanol–water partition coefficient (Wildman–Crippen LogP) is 3.96. The highest BCUT2D eigenvalue weighted by molar-refractivity contribution is 9.11. The molecule has 0 N–H and O–H groups in total. The second-order valence-corrected chi connectivity index (χ2v) is 5.92. The van der Waals surface area contributed by atoms with E-state index in [-0.39, 0.29) is 6.61 Å². The topological polar surface area (TPSA) is 48.2 Å². The second kappa shape index (κ2) is 6.77. The molecule has 100 valence electrons. The molecule has 19 heavy (non-hydrogen) atoms. The molecule has 6 heteroatoms. The standard InChI is InChI=1S/C13H13BrN2O2S/c1-9-4-3-5-11(6-9)17-7-12-15-16-13(18-12)19-8-10(2)14/h3-6H,2,7-8H2,1H3. The van der Waals surface area contributed by atoms with Gasteiger partial charge in [-0.3, -0.25) is 0 Å². The van der Waals surface area contributed by atoms with Crippen molar-refractivity contribution in [1.29, 1.82) is 0 Å². The molecule has 0 unspecified atom stereocenters. The molecule has 0 spiro atoms. The first-order valence-electron chi connectivity index (χ1n) is 5.61. The van der Waals surface area contributed by atoms with Crippen molar-refractivity contribution in [2.24, 2.45) is 0 Å². The van der Waals surface area contributed by atoms with E-state index >= 15 is 0 Å². The fourth-order valence-electron chi connectivity index (χ4n) is 1.35. The maximum Gasteiger partial charge on any atom is 0.277 e. The lowest BCUT2D eigenvalue weighted by molar-refractivity contribution is 0.252. The minimum atomic E-state index is 0.270. The number of thioether (sulfide) groups is 1. The smallest absolute Gasteiger partial charge is 0.277 e. The summed E-state index contributed by atoms with van der Waals surface area (Å²) in [6, 6.07) is 7.82. The van der Waals surface area contributed by atoms with Crippen LogP contribution in [0.2, 0.25) is 0 Å². The van der Waals surface area contributed by atoms with E-state index < -0.39 is 0 Å². The van der Waals surface area contributed by atoms with Crippen LogP contribution in [0.3, 0.4) is 0 Å². The van der Waals surface area contributed by atoms with Gasteiger partial charge < -0.3 is 9.15 Å². The lowest BCUT2D eigenvalue weighted by Crippen LogP contribution is -1.95. The van der Waals surface area contributed by atoms with E-state index in [4.69, 9.17) is 9.15 Å². The molecule has 0 aliphatic rings. The van der Waals surface area contributed by atoms with Crippen LogP contribution in [0.25, 0.3) is 0 Å². The summed E-state index contributed by atoms with van der Waals surface area (Å²) in [5.41, 5.74) is 1.15. The van der Waals surface area contributed by atoms with Gasteiger partial charge in [-0.15, -0.1) is 10.2 Å². The summed E-state index contributed by atoms with van der Waals surface area (Å²) in [5.74, 6) is 1.95. The number of nitrogens with zero attached hydrogens (tertiary/aromatic N) is 2. The number of ether oxygens (including phenoxy) is 1. The zero-order valence-corrected chi connectivity index (χ0v) is 12.8. The molecule has 0 radical (unpaired) electrons. The monoisotopic (exact) mass is 340 g/mol. The Balaban J connectivity index is 1.88. The van der Waals surface area contributed by atoms with Crippen LogP contribution in [0.15, 0.2) is 45.0 Å². The van der Waals surface area contributed by atoms with Crippen molar-refractivity contribution < 1.29 is 9.15 Å². The third kappa shape index (κ3) is 4.72. The first-order valence-corrected chi connectivity index (χ1v) is 7.39. The molecule has 2 aromatic rings. The van der Waals surface area contributed by atoms with Gasteiger partial charge in [0.25, 0.3) is 11.1 Å². The maximum atomic E-state index is 5.58. The van der Waals surface area contributed by atoms with Crippen molar-refractivity contribution in [1.82, 2.24) is 10.2 Å². The number of benzene rings is 1.